The van der Waals surface area contributed by atoms with E-state index < -0.39 is 21.8 Å². The molecule has 1 atom stereocenters. The zero-order valence-electron chi connectivity index (χ0n) is 20.6. The van der Waals surface area contributed by atoms with Gasteiger partial charge >= 0.3 is 0 Å². The molecule has 0 saturated heterocycles. The summed E-state index contributed by atoms with van der Waals surface area (Å²) >= 11 is 0. The zero-order chi connectivity index (χ0) is 26.3. The summed E-state index contributed by atoms with van der Waals surface area (Å²) < 4.78 is 41.5. The molecule has 9 heteroatoms. The van der Waals surface area contributed by atoms with E-state index >= 15 is 0 Å². The fraction of sp³-hybridized carbons (Fsp3) is 0.214. The SMILES string of the molecule is [C-]#[N+]c1ccc2c(C(C(=O)NS(=O)(=O)c3ccc(C(C)C)cc3)c3ccc4c(c3)OCO4)cn(C)c2c1. The lowest BCUT2D eigenvalue weighted by Gasteiger charge is -2.18. The molecule has 2 heterocycles. The van der Waals surface area contributed by atoms with Crippen molar-refractivity contribution in [2.75, 3.05) is 6.79 Å². The van der Waals surface area contributed by atoms with Crippen LogP contribution in [0.2, 0.25) is 0 Å². The predicted octanol–water partition coefficient (Wildman–Crippen LogP) is 5.22. The summed E-state index contributed by atoms with van der Waals surface area (Å²) in [5, 5.41) is 0.742. The number of sulfonamides is 1. The molecule has 0 bridgehead atoms. The number of nitrogens with zero attached hydrogens (tertiary/aromatic N) is 2. The monoisotopic (exact) mass is 515 g/mol. The fourth-order valence-corrected chi connectivity index (χ4v) is 5.55. The lowest BCUT2D eigenvalue weighted by atomic mass is 9.90. The van der Waals surface area contributed by atoms with Crippen LogP contribution in [0, 0.1) is 6.57 Å². The van der Waals surface area contributed by atoms with Crippen molar-refractivity contribution in [3.8, 4) is 11.5 Å². The Morgan fingerprint density at radius 3 is 2.41 bits per heavy atom. The van der Waals surface area contributed by atoms with Crippen molar-refractivity contribution in [1.82, 2.24) is 9.29 Å². The normalized spacial score (nSPS) is 13.5. The number of amides is 1. The number of hydrogen-bond donors (Lipinski definition) is 1. The molecule has 4 aromatic rings. The highest BCUT2D eigenvalue weighted by Crippen LogP contribution is 2.39. The molecular weight excluding hydrogens is 490 g/mol. The lowest BCUT2D eigenvalue weighted by Crippen LogP contribution is -2.35. The van der Waals surface area contributed by atoms with Crippen LogP contribution in [0.4, 0.5) is 5.69 Å². The number of hydrogen-bond acceptors (Lipinski definition) is 5. The summed E-state index contributed by atoms with van der Waals surface area (Å²) in [5.41, 5.74) is 3.38. The van der Waals surface area contributed by atoms with Gasteiger partial charge in [0.15, 0.2) is 17.2 Å². The number of fused-ring (bicyclic) bond motifs is 2. The number of aryl methyl sites for hydroxylation is 1. The van der Waals surface area contributed by atoms with Crippen LogP contribution < -0.4 is 14.2 Å². The van der Waals surface area contributed by atoms with E-state index in [2.05, 4.69) is 9.57 Å². The number of carbonyl (C=O) groups is 1. The van der Waals surface area contributed by atoms with Crippen molar-refractivity contribution in [2.45, 2.75) is 30.6 Å². The van der Waals surface area contributed by atoms with Crippen molar-refractivity contribution in [3.05, 3.63) is 95.0 Å². The molecule has 0 fully saturated rings. The first-order valence-corrected chi connectivity index (χ1v) is 13.2. The molecular formula is C28H25N3O5S. The van der Waals surface area contributed by atoms with Gasteiger partial charge in [0.1, 0.15) is 0 Å². The fourth-order valence-electron chi connectivity index (χ4n) is 4.55. The Balaban J connectivity index is 1.59. The van der Waals surface area contributed by atoms with Crippen molar-refractivity contribution in [3.63, 3.8) is 0 Å². The largest absolute Gasteiger partial charge is 0.454 e. The number of ether oxygens (including phenoxy) is 2. The highest BCUT2D eigenvalue weighted by molar-refractivity contribution is 7.90. The van der Waals surface area contributed by atoms with Crippen LogP contribution in [0.1, 0.15) is 42.4 Å². The quantitative estimate of drug-likeness (QED) is 0.356. The van der Waals surface area contributed by atoms with Crippen LogP contribution in [-0.2, 0) is 21.9 Å². The van der Waals surface area contributed by atoms with E-state index in [0.717, 1.165) is 16.5 Å². The highest BCUT2D eigenvalue weighted by Gasteiger charge is 2.31. The van der Waals surface area contributed by atoms with E-state index in [0.29, 0.717) is 28.3 Å². The van der Waals surface area contributed by atoms with Crippen LogP contribution in [0.25, 0.3) is 15.7 Å². The third-order valence-electron chi connectivity index (χ3n) is 6.53. The highest BCUT2D eigenvalue weighted by atomic mass is 32.2. The van der Waals surface area contributed by atoms with E-state index in [1.54, 1.807) is 54.7 Å². The standard InChI is InChI=1S/C28H25N3O5S/c1-17(2)18-5-9-21(10-6-18)37(33,34)30-28(32)27(19-7-12-25-26(13-19)36-16-35-25)23-15-31(4)24-14-20(29-3)8-11-22(23)24/h5-15,17,27H,16H2,1-2,4H3,(H,30,32). The molecule has 0 aliphatic carbocycles. The van der Waals surface area contributed by atoms with Crippen molar-refractivity contribution < 1.29 is 22.7 Å². The number of benzene rings is 3. The van der Waals surface area contributed by atoms with E-state index in [-0.39, 0.29) is 17.6 Å². The van der Waals surface area contributed by atoms with Gasteiger partial charge in [-0.15, -0.1) is 0 Å². The molecule has 188 valence electrons. The summed E-state index contributed by atoms with van der Waals surface area (Å²) in [6, 6.07) is 16.8. The van der Waals surface area contributed by atoms with Gasteiger partial charge in [-0.3, -0.25) is 4.79 Å². The van der Waals surface area contributed by atoms with Crippen LogP contribution in [-0.4, -0.2) is 25.7 Å². The van der Waals surface area contributed by atoms with Gasteiger partial charge in [-0.2, -0.15) is 0 Å². The second-order valence-corrected chi connectivity index (χ2v) is 10.9. The van der Waals surface area contributed by atoms with Crippen molar-refractivity contribution in [2.24, 2.45) is 7.05 Å². The molecule has 1 aliphatic rings. The Kier molecular flexibility index (Phi) is 6.13. The Morgan fingerprint density at radius 1 is 1.00 bits per heavy atom. The Morgan fingerprint density at radius 2 is 1.70 bits per heavy atom. The van der Waals surface area contributed by atoms with Gasteiger partial charge in [-0.05, 0) is 52.9 Å². The van der Waals surface area contributed by atoms with Gasteiger partial charge in [0.2, 0.25) is 12.7 Å². The van der Waals surface area contributed by atoms with Gasteiger partial charge in [0.25, 0.3) is 10.0 Å². The molecule has 1 unspecified atom stereocenters. The van der Waals surface area contributed by atoms with Gasteiger partial charge in [-0.25, -0.2) is 18.0 Å². The Hall–Kier alpha value is -4.29. The van der Waals surface area contributed by atoms with E-state index in [9.17, 15) is 13.2 Å². The third-order valence-corrected chi connectivity index (χ3v) is 7.89. The van der Waals surface area contributed by atoms with Crippen LogP contribution in [0.5, 0.6) is 11.5 Å². The number of nitrogens with one attached hydrogen (secondary N) is 1. The molecule has 0 spiro atoms. The Bertz CT molecular complexity index is 1660. The van der Waals surface area contributed by atoms with Crippen molar-refractivity contribution >= 4 is 32.5 Å². The van der Waals surface area contributed by atoms with Gasteiger partial charge in [0.05, 0.1) is 17.4 Å². The molecule has 5 rings (SSSR count). The molecule has 8 nitrogen and oxygen atoms in total. The summed E-state index contributed by atoms with van der Waals surface area (Å²) in [5.74, 6) is -0.384. The average Bonchev–Trinajstić information content (AvgIpc) is 3.48. The second kappa shape index (κ2) is 9.30. The van der Waals surface area contributed by atoms with E-state index in [1.165, 1.54) is 12.1 Å². The van der Waals surface area contributed by atoms with Crippen LogP contribution >= 0.6 is 0 Å². The minimum absolute atomic E-state index is 0.00862. The number of carbonyl (C=O) groups excluding carboxylic acids is 1. The molecule has 37 heavy (non-hydrogen) atoms. The summed E-state index contributed by atoms with van der Waals surface area (Å²) in [7, 11) is -2.31. The van der Waals surface area contributed by atoms with Gasteiger partial charge in [0, 0.05) is 24.1 Å². The first-order chi connectivity index (χ1) is 17.7. The minimum atomic E-state index is -4.13. The summed E-state index contributed by atoms with van der Waals surface area (Å²) in [6.45, 7) is 11.4. The zero-order valence-corrected chi connectivity index (χ0v) is 21.4. The second-order valence-electron chi connectivity index (χ2n) is 9.25. The third kappa shape index (κ3) is 4.52. The van der Waals surface area contributed by atoms with Crippen LogP contribution in [0.3, 0.4) is 0 Å². The maximum atomic E-state index is 13.8. The lowest BCUT2D eigenvalue weighted by molar-refractivity contribution is -0.119. The Labute approximate surface area is 215 Å². The predicted molar refractivity (Wildman–Crippen MR) is 139 cm³/mol. The van der Waals surface area contributed by atoms with E-state index in [1.807, 2.05) is 25.5 Å². The summed E-state index contributed by atoms with van der Waals surface area (Å²) in [4.78, 5) is 17.3. The molecule has 1 aromatic heterocycles. The number of aromatic nitrogens is 1. The molecule has 0 radical (unpaired) electrons. The molecule has 1 N–H and O–H groups in total. The summed E-state index contributed by atoms with van der Waals surface area (Å²) in [6.07, 6.45) is 1.79. The molecule has 1 amide bonds. The maximum absolute atomic E-state index is 13.8. The average molecular weight is 516 g/mol. The molecule has 3 aromatic carbocycles. The van der Waals surface area contributed by atoms with Gasteiger partial charge < -0.3 is 14.0 Å². The van der Waals surface area contributed by atoms with E-state index in [4.69, 9.17) is 16.0 Å². The maximum Gasteiger partial charge on any atom is 0.264 e. The molecule has 1 aliphatic heterocycles. The van der Waals surface area contributed by atoms with Gasteiger partial charge in [-0.1, -0.05) is 44.2 Å². The number of rotatable bonds is 6. The topological polar surface area (TPSA) is 91.0 Å². The first kappa shape index (κ1) is 24.4. The smallest absolute Gasteiger partial charge is 0.264 e. The molecule has 0 saturated carbocycles. The first-order valence-electron chi connectivity index (χ1n) is 11.7. The van der Waals surface area contributed by atoms with Crippen molar-refractivity contribution in [1.29, 1.82) is 0 Å². The minimum Gasteiger partial charge on any atom is -0.454 e. The van der Waals surface area contributed by atoms with Crippen LogP contribution in [0.15, 0.2) is 71.8 Å².